The van der Waals surface area contributed by atoms with E-state index in [2.05, 4.69) is 15.5 Å². The van der Waals surface area contributed by atoms with Crippen molar-refractivity contribution in [3.8, 4) is 22.8 Å². The maximum Gasteiger partial charge on any atom is 0.291 e. The van der Waals surface area contributed by atoms with Gasteiger partial charge in [-0.2, -0.15) is 4.80 Å². The number of benzene rings is 3. The van der Waals surface area contributed by atoms with Crippen LogP contribution in [0.3, 0.4) is 0 Å². The van der Waals surface area contributed by atoms with Crippen molar-refractivity contribution in [2.24, 2.45) is 0 Å². The number of carbonyl (C=O) groups is 1. The first-order valence-electron chi connectivity index (χ1n) is 10.6. The molecule has 1 amide bonds. The molecule has 10 heteroatoms. The molecule has 0 saturated carbocycles. The van der Waals surface area contributed by atoms with E-state index in [1.54, 1.807) is 50.4 Å². The van der Waals surface area contributed by atoms with Gasteiger partial charge in [0.05, 0.1) is 17.7 Å². The smallest absolute Gasteiger partial charge is 0.291 e. The number of amides is 1. The molecule has 5 rings (SSSR count). The third-order valence-electron chi connectivity index (χ3n) is 5.46. The fourth-order valence-corrected chi connectivity index (χ4v) is 3.66. The molecule has 0 radical (unpaired) electrons. The molecule has 0 spiro atoms. The van der Waals surface area contributed by atoms with Crippen LogP contribution in [0.1, 0.15) is 16.1 Å². The van der Waals surface area contributed by atoms with Crippen LogP contribution in [0, 0.1) is 17.0 Å². The number of rotatable bonds is 6. The molecule has 2 aromatic heterocycles. The topological polar surface area (TPSA) is 125 Å². The third-order valence-corrected chi connectivity index (χ3v) is 5.46. The number of hydrogen-bond acceptors (Lipinski definition) is 7. The quantitative estimate of drug-likeness (QED) is 0.269. The third kappa shape index (κ3) is 4.32. The number of ether oxygens (including phenoxy) is 1. The number of carbonyl (C=O) groups excluding carboxylic acids is 1. The average Bonchev–Trinajstić information content (AvgIpc) is 3.51. The molecule has 3 aromatic carbocycles. The van der Waals surface area contributed by atoms with Gasteiger partial charge in [-0.25, -0.2) is 0 Å². The summed E-state index contributed by atoms with van der Waals surface area (Å²) in [5.41, 5.74) is 3.94. The molecule has 174 valence electrons. The first-order valence-corrected chi connectivity index (χ1v) is 10.6. The maximum atomic E-state index is 12.8. The molecule has 1 N–H and O–H groups in total. The van der Waals surface area contributed by atoms with E-state index in [9.17, 15) is 14.9 Å². The van der Waals surface area contributed by atoms with Gasteiger partial charge < -0.3 is 14.5 Å². The zero-order chi connectivity index (χ0) is 24.5. The highest BCUT2D eigenvalue weighted by atomic mass is 16.6. The minimum Gasteiger partial charge on any atom is -0.497 e. The van der Waals surface area contributed by atoms with Crippen molar-refractivity contribution in [2.75, 3.05) is 12.4 Å². The van der Waals surface area contributed by atoms with Gasteiger partial charge in [0.2, 0.25) is 0 Å². The number of anilines is 1. The van der Waals surface area contributed by atoms with Crippen LogP contribution in [0.2, 0.25) is 0 Å². The van der Waals surface area contributed by atoms with Gasteiger partial charge in [0.1, 0.15) is 22.5 Å². The molecule has 0 bridgehead atoms. The van der Waals surface area contributed by atoms with E-state index in [1.165, 1.54) is 16.9 Å². The first-order chi connectivity index (χ1) is 16.9. The van der Waals surface area contributed by atoms with Gasteiger partial charge in [-0.1, -0.05) is 0 Å². The Balaban J connectivity index is 1.34. The Bertz CT molecular complexity index is 1570. The SMILES string of the molecule is COc1ccc(-n2nc3ccc(NC(=O)c4ccc(-c5ccc([N+](=O)[O-])cc5C)o4)cc3n2)cc1. The van der Waals surface area contributed by atoms with Crippen LogP contribution in [-0.2, 0) is 0 Å². The average molecular weight is 469 g/mol. The Morgan fingerprint density at radius 2 is 1.77 bits per heavy atom. The minimum atomic E-state index is -0.454. The Hall–Kier alpha value is -4.99. The zero-order valence-corrected chi connectivity index (χ0v) is 18.8. The van der Waals surface area contributed by atoms with Gasteiger partial charge >= 0.3 is 0 Å². The maximum absolute atomic E-state index is 12.8. The normalized spacial score (nSPS) is 10.9. The predicted molar refractivity (Wildman–Crippen MR) is 129 cm³/mol. The number of aromatic nitrogens is 3. The van der Waals surface area contributed by atoms with E-state index in [-0.39, 0.29) is 11.4 Å². The van der Waals surface area contributed by atoms with E-state index in [1.807, 2.05) is 24.3 Å². The standard InChI is InChI=1S/C25H19N5O5/c1-15-13-18(30(32)33)6-9-20(15)23-11-12-24(35-23)25(31)26-16-3-10-21-22(14-16)28-29(27-21)17-4-7-19(34-2)8-5-17/h3-14H,1-2H3,(H,26,31). The monoisotopic (exact) mass is 469 g/mol. The summed E-state index contributed by atoms with van der Waals surface area (Å²) in [4.78, 5) is 24.8. The number of nitrogens with zero attached hydrogens (tertiary/aromatic N) is 4. The lowest BCUT2D eigenvalue weighted by molar-refractivity contribution is -0.384. The van der Waals surface area contributed by atoms with Crippen molar-refractivity contribution in [3.63, 3.8) is 0 Å². The van der Waals surface area contributed by atoms with E-state index < -0.39 is 10.8 Å². The van der Waals surface area contributed by atoms with Gasteiger partial charge in [0.25, 0.3) is 11.6 Å². The van der Waals surface area contributed by atoms with E-state index >= 15 is 0 Å². The molecule has 0 fully saturated rings. The number of fused-ring (bicyclic) bond motifs is 1. The zero-order valence-electron chi connectivity index (χ0n) is 18.8. The predicted octanol–water partition coefficient (Wildman–Crippen LogP) is 5.16. The van der Waals surface area contributed by atoms with Crippen LogP contribution >= 0.6 is 0 Å². The number of aryl methyl sites for hydroxylation is 1. The molecule has 2 heterocycles. The van der Waals surface area contributed by atoms with E-state index in [4.69, 9.17) is 9.15 Å². The number of hydrogen-bond donors (Lipinski definition) is 1. The Kier molecular flexibility index (Phi) is 5.46. The number of nitro benzene ring substituents is 1. The molecular formula is C25H19N5O5. The van der Waals surface area contributed by atoms with Crippen LogP contribution < -0.4 is 10.1 Å². The highest BCUT2D eigenvalue weighted by molar-refractivity contribution is 6.03. The van der Waals surface area contributed by atoms with Gasteiger partial charge in [-0.05, 0) is 73.2 Å². The fraction of sp³-hybridized carbons (Fsp3) is 0.0800. The van der Waals surface area contributed by atoms with Gasteiger partial charge in [-0.3, -0.25) is 14.9 Å². The van der Waals surface area contributed by atoms with E-state index in [0.717, 1.165) is 11.4 Å². The van der Waals surface area contributed by atoms with E-state index in [0.29, 0.717) is 33.6 Å². The second-order valence-electron chi connectivity index (χ2n) is 7.77. The Morgan fingerprint density at radius 3 is 2.49 bits per heavy atom. The molecule has 0 saturated heterocycles. The van der Waals surface area contributed by atoms with Crippen molar-refractivity contribution < 1.29 is 18.9 Å². The Labute approximate surface area is 198 Å². The number of nitrogens with one attached hydrogen (secondary N) is 1. The van der Waals surface area contributed by atoms with Gasteiger partial charge in [-0.15, -0.1) is 10.2 Å². The minimum absolute atomic E-state index is 0.00455. The molecule has 0 aliphatic heterocycles. The number of furan rings is 1. The Morgan fingerprint density at radius 1 is 1.00 bits per heavy atom. The van der Waals surface area contributed by atoms with Crippen LogP contribution in [0.4, 0.5) is 11.4 Å². The van der Waals surface area contributed by atoms with Crippen molar-refractivity contribution >= 4 is 28.3 Å². The van der Waals surface area contributed by atoms with Crippen molar-refractivity contribution in [2.45, 2.75) is 6.92 Å². The molecule has 10 nitrogen and oxygen atoms in total. The van der Waals surface area contributed by atoms with Crippen LogP contribution in [-0.4, -0.2) is 32.9 Å². The highest BCUT2D eigenvalue weighted by Crippen LogP contribution is 2.29. The summed E-state index contributed by atoms with van der Waals surface area (Å²) >= 11 is 0. The van der Waals surface area contributed by atoms with Gasteiger partial charge in [0, 0.05) is 23.4 Å². The molecule has 0 unspecified atom stereocenters. The summed E-state index contributed by atoms with van der Waals surface area (Å²) in [7, 11) is 1.60. The van der Waals surface area contributed by atoms with Crippen molar-refractivity contribution in [3.05, 3.63) is 94.2 Å². The number of methoxy groups -OCH3 is 1. The highest BCUT2D eigenvalue weighted by Gasteiger charge is 2.16. The van der Waals surface area contributed by atoms with Gasteiger partial charge in [0.15, 0.2) is 5.76 Å². The number of nitro groups is 1. The van der Waals surface area contributed by atoms with Crippen molar-refractivity contribution in [1.29, 1.82) is 0 Å². The molecule has 35 heavy (non-hydrogen) atoms. The molecular weight excluding hydrogens is 450 g/mol. The first kappa shape index (κ1) is 21.8. The lowest BCUT2D eigenvalue weighted by atomic mass is 10.1. The van der Waals surface area contributed by atoms with Crippen LogP contribution in [0.25, 0.3) is 28.0 Å². The summed E-state index contributed by atoms with van der Waals surface area (Å²) in [5, 5.41) is 22.7. The molecule has 5 aromatic rings. The fourth-order valence-electron chi connectivity index (χ4n) is 3.66. The summed E-state index contributed by atoms with van der Waals surface area (Å²) < 4.78 is 10.9. The second kappa shape index (κ2) is 8.75. The largest absolute Gasteiger partial charge is 0.497 e. The van der Waals surface area contributed by atoms with Crippen LogP contribution in [0.15, 0.2) is 77.2 Å². The summed E-state index contributed by atoms with van der Waals surface area (Å²) in [6.07, 6.45) is 0. The summed E-state index contributed by atoms with van der Waals surface area (Å²) in [6, 6.07) is 20.3. The van der Waals surface area contributed by atoms with Crippen LogP contribution in [0.5, 0.6) is 5.75 Å². The summed E-state index contributed by atoms with van der Waals surface area (Å²) in [6.45, 7) is 1.75. The molecule has 0 atom stereocenters. The second-order valence-corrected chi connectivity index (χ2v) is 7.77. The lowest BCUT2D eigenvalue weighted by Gasteiger charge is -2.04. The lowest BCUT2D eigenvalue weighted by Crippen LogP contribution is -2.10. The molecule has 0 aliphatic carbocycles. The number of non-ortho nitro benzene ring substituents is 1. The summed E-state index contributed by atoms with van der Waals surface area (Å²) in [5.74, 6) is 0.859. The molecule has 0 aliphatic rings. The van der Waals surface area contributed by atoms with Crippen molar-refractivity contribution in [1.82, 2.24) is 15.0 Å².